The van der Waals surface area contributed by atoms with Crippen molar-refractivity contribution in [1.29, 1.82) is 0 Å². The van der Waals surface area contributed by atoms with Crippen molar-refractivity contribution in [2.24, 2.45) is 0 Å². The Morgan fingerprint density at radius 3 is 2.45 bits per heavy atom. The zero-order valence-electron chi connectivity index (χ0n) is 13.1. The first-order chi connectivity index (χ1) is 10.4. The van der Waals surface area contributed by atoms with Gasteiger partial charge in [0.1, 0.15) is 11.6 Å². The van der Waals surface area contributed by atoms with Gasteiger partial charge in [-0.1, -0.05) is 20.8 Å². The molecule has 0 amide bonds. The number of aromatic nitrogens is 4. The van der Waals surface area contributed by atoms with E-state index in [1.807, 2.05) is 12.2 Å². The molecule has 114 valence electrons. The van der Waals surface area contributed by atoms with Crippen molar-refractivity contribution >= 4 is 12.2 Å². The molecule has 0 aliphatic heterocycles. The molecule has 1 aliphatic rings. The lowest BCUT2D eigenvalue weighted by Crippen LogP contribution is -2.15. The first-order valence-electron chi connectivity index (χ1n) is 7.54. The van der Waals surface area contributed by atoms with Crippen LogP contribution in [0, 0.1) is 0 Å². The summed E-state index contributed by atoms with van der Waals surface area (Å²) in [6, 6.07) is 1.51. The largest absolute Gasteiger partial charge is 0.310 e. The molecule has 1 saturated carbocycles. The number of hydrogen-bond donors (Lipinski definition) is 1. The number of nitrogens with one attached hydrogen (secondary N) is 1. The van der Waals surface area contributed by atoms with Gasteiger partial charge in [-0.3, -0.25) is 4.79 Å². The highest BCUT2D eigenvalue weighted by Gasteiger charge is 2.26. The van der Waals surface area contributed by atoms with Crippen LogP contribution in [0.2, 0.25) is 0 Å². The minimum atomic E-state index is -0.101. The molecule has 0 bridgehead atoms. The summed E-state index contributed by atoms with van der Waals surface area (Å²) < 4.78 is 0. The molecule has 0 radical (unpaired) electrons. The number of nitrogens with zero attached hydrogens (tertiary/aromatic N) is 3. The number of aromatic amines is 1. The molecule has 0 atom stereocenters. The number of H-pyrrole nitrogens is 1. The van der Waals surface area contributed by atoms with Crippen molar-refractivity contribution in [3.05, 3.63) is 51.7 Å². The molecule has 1 N–H and O–H groups in total. The number of rotatable bonds is 3. The van der Waals surface area contributed by atoms with Gasteiger partial charge in [0.2, 0.25) is 0 Å². The van der Waals surface area contributed by atoms with E-state index >= 15 is 0 Å². The maximum atomic E-state index is 11.7. The predicted octanol–water partition coefficient (Wildman–Crippen LogP) is 2.91. The van der Waals surface area contributed by atoms with Gasteiger partial charge in [0.15, 0.2) is 0 Å². The van der Waals surface area contributed by atoms with E-state index < -0.39 is 0 Å². The fourth-order valence-corrected chi connectivity index (χ4v) is 2.12. The molecule has 22 heavy (non-hydrogen) atoms. The Bertz CT molecular complexity index is 749. The van der Waals surface area contributed by atoms with Gasteiger partial charge >= 0.3 is 0 Å². The van der Waals surface area contributed by atoms with Crippen LogP contribution in [-0.2, 0) is 5.41 Å². The summed E-state index contributed by atoms with van der Waals surface area (Å²) in [6.45, 7) is 6.24. The lowest BCUT2D eigenvalue weighted by Gasteiger charge is -2.15. The van der Waals surface area contributed by atoms with Gasteiger partial charge in [-0.2, -0.15) is 0 Å². The lowest BCUT2D eigenvalue weighted by molar-refractivity contribution is 0.545. The SMILES string of the molecule is CC(C)(C)c1ncc(C=Cc2cc(=O)[nH]c(C3CC3)n2)cn1. The predicted molar refractivity (Wildman–Crippen MR) is 86.5 cm³/mol. The maximum absolute atomic E-state index is 11.7. The van der Waals surface area contributed by atoms with Crippen molar-refractivity contribution in [1.82, 2.24) is 19.9 Å². The summed E-state index contributed by atoms with van der Waals surface area (Å²) in [7, 11) is 0. The van der Waals surface area contributed by atoms with Gasteiger partial charge in [-0.05, 0) is 25.0 Å². The van der Waals surface area contributed by atoms with E-state index in [4.69, 9.17) is 0 Å². The van der Waals surface area contributed by atoms with Crippen molar-refractivity contribution in [3.63, 3.8) is 0 Å². The third kappa shape index (κ3) is 3.47. The topological polar surface area (TPSA) is 71.5 Å². The van der Waals surface area contributed by atoms with Crippen molar-refractivity contribution in [2.45, 2.75) is 44.9 Å². The third-order valence-electron chi connectivity index (χ3n) is 3.53. The molecular weight excluding hydrogens is 276 g/mol. The average molecular weight is 296 g/mol. The molecule has 2 heterocycles. The van der Waals surface area contributed by atoms with Crippen LogP contribution in [0.1, 0.15) is 62.4 Å². The van der Waals surface area contributed by atoms with Gasteiger partial charge in [0, 0.05) is 35.4 Å². The molecule has 0 saturated heterocycles. The first-order valence-corrected chi connectivity index (χ1v) is 7.54. The molecule has 2 aromatic rings. The Hall–Kier alpha value is -2.30. The van der Waals surface area contributed by atoms with E-state index in [0.29, 0.717) is 11.6 Å². The second-order valence-corrected chi connectivity index (χ2v) is 6.75. The van der Waals surface area contributed by atoms with Crippen molar-refractivity contribution < 1.29 is 0 Å². The summed E-state index contributed by atoms with van der Waals surface area (Å²) in [5.41, 5.74) is 1.40. The Balaban J connectivity index is 1.80. The van der Waals surface area contributed by atoms with Crippen LogP contribution in [0.3, 0.4) is 0 Å². The molecule has 1 aliphatic carbocycles. The molecule has 3 rings (SSSR count). The van der Waals surface area contributed by atoms with E-state index in [9.17, 15) is 4.79 Å². The summed E-state index contributed by atoms with van der Waals surface area (Å²) >= 11 is 0. The van der Waals surface area contributed by atoms with Gasteiger partial charge in [0.25, 0.3) is 5.56 Å². The average Bonchev–Trinajstić information content (AvgIpc) is 3.29. The fraction of sp³-hybridized carbons (Fsp3) is 0.412. The quantitative estimate of drug-likeness (QED) is 0.945. The summed E-state index contributed by atoms with van der Waals surface area (Å²) in [4.78, 5) is 27.7. The van der Waals surface area contributed by atoms with Crippen LogP contribution in [0.15, 0.2) is 23.3 Å². The molecule has 5 heteroatoms. The van der Waals surface area contributed by atoms with Gasteiger partial charge in [0.05, 0.1) is 5.69 Å². The zero-order valence-corrected chi connectivity index (χ0v) is 13.1. The van der Waals surface area contributed by atoms with Crippen LogP contribution in [0.5, 0.6) is 0 Å². The molecular formula is C17H20N4O. The fourth-order valence-electron chi connectivity index (χ4n) is 2.12. The van der Waals surface area contributed by atoms with Crippen molar-refractivity contribution in [3.8, 4) is 0 Å². The maximum Gasteiger partial charge on any atom is 0.251 e. The molecule has 5 nitrogen and oxygen atoms in total. The van der Waals surface area contributed by atoms with Crippen LogP contribution < -0.4 is 5.56 Å². The number of hydrogen-bond acceptors (Lipinski definition) is 4. The van der Waals surface area contributed by atoms with Crippen LogP contribution in [0.4, 0.5) is 0 Å². The van der Waals surface area contributed by atoms with Crippen LogP contribution in [-0.4, -0.2) is 19.9 Å². The van der Waals surface area contributed by atoms with E-state index in [-0.39, 0.29) is 11.0 Å². The Morgan fingerprint density at radius 1 is 1.18 bits per heavy atom. The minimum absolute atomic E-state index is 0.0598. The Labute approximate surface area is 129 Å². The highest BCUT2D eigenvalue weighted by Crippen LogP contribution is 2.37. The van der Waals surface area contributed by atoms with E-state index in [0.717, 1.165) is 30.1 Å². The molecule has 1 fully saturated rings. The summed E-state index contributed by atoms with van der Waals surface area (Å²) in [5.74, 6) is 2.04. The van der Waals surface area contributed by atoms with Gasteiger partial charge in [-0.15, -0.1) is 0 Å². The second kappa shape index (κ2) is 5.48. The van der Waals surface area contributed by atoms with E-state index in [1.54, 1.807) is 12.4 Å². The minimum Gasteiger partial charge on any atom is -0.310 e. The van der Waals surface area contributed by atoms with Crippen LogP contribution >= 0.6 is 0 Å². The molecule has 0 aromatic carbocycles. The third-order valence-corrected chi connectivity index (χ3v) is 3.53. The van der Waals surface area contributed by atoms with Gasteiger partial charge in [-0.25, -0.2) is 15.0 Å². The van der Waals surface area contributed by atoms with E-state index in [2.05, 4.69) is 40.7 Å². The lowest BCUT2D eigenvalue weighted by atomic mass is 9.96. The zero-order chi connectivity index (χ0) is 15.7. The Morgan fingerprint density at radius 2 is 1.86 bits per heavy atom. The van der Waals surface area contributed by atoms with Gasteiger partial charge < -0.3 is 4.98 Å². The summed E-state index contributed by atoms with van der Waals surface area (Å²) in [6.07, 6.45) is 9.51. The first kappa shape index (κ1) is 14.6. The van der Waals surface area contributed by atoms with Crippen molar-refractivity contribution in [2.75, 3.05) is 0 Å². The molecule has 0 spiro atoms. The highest BCUT2D eigenvalue weighted by atomic mass is 16.1. The molecule has 0 unspecified atom stereocenters. The smallest absolute Gasteiger partial charge is 0.251 e. The second-order valence-electron chi connectivity index (χ2n) is 6.75. The molecule has 2 aromatic heterocycles. The Kier molecular flexibility index (Phi) is 3.64. The summed E-state index contributed by atoms with van der Waals surface area (Å²) in [5, 5.41) is 0. The van der Waals surface area contributed by atoms with E-state index in [1.165, 1.54) is 6.07 Å². The standard InChI is InChI=1S/C17H20N4O/c1-17(2,3)16-18-9-11(10-19-16)4-7-13-8-14(22)21-15(20-13)12-5-6-12/h4,7-10,12H,5-6H2,1-3H3,(H,20,21,22). The normalized spacial score (nSPS) is 15.4. The van der Waals surface area contributed by atoms with Crippen LogP contribution in [0.25, 0.3) is 12.2 Å². The highest BCUT2D eigenvalue weighted by molar-refractivity contribution is 5.67. The monoisotopic (exact) mass is 296 g/mol.